The Balaban J connectivity index is 2.42. The minimum Gasteiger partial charge on any atom is -0.366 e. The average molecular weight is 237 g/mol. The molecule has 1 aliphatic carbocycles. The molecule has 0 aromatic rings. The van der Waals surface area contributed by atoms with E-state index in [2.05, 4.69) is 5.32 Å². The zero-order chi connectivity index (χ0) is 12.6. The Labute approximate surface area is 98.8 Å². The third-order valence-electron chi connectivity index (χ3n) is 3.35. The van der Waals surface area contributed by atoms with Gasteiger partial charge in [-0.3, -0.25) is 14.5 Å². The quantitative estimate of drug-likeness (QED) is 0.677. The Morgan fingerprint density at radius 2 is 2.18 bits per heavy atom. The van der Waals surface area contributed by atoms with E-state index in [0.717, 1.165) is 17.7 Å². The molecular formula is C11H15N3O3. The van der Waals surface area contributed by atoms with Gasteiger partial charge < -0.3 is 11.1 Å². The molecule has 0 aromatic carbocycles. The molecule has 4 amide bonds. The van der Waals surface area contributed by atoms with Crippen molar-refractivity contribution in [2.75, 3.05) is 7.05 Å². The maximum atomic E-state index is 11.7. The summed E-state index contributed by atoms with van der Waals surface area (Å²) in [4.78, 5) is 35.7. The highest BCUT2D eigenvalue weighted by atomic mass is 16.2. The maximum absolute atomic E-state index is 11.7. The first-order valence-corrected chi connectivity index (χ1v) is 5.61. The zero-order valence-electron chi connectivity index (χ0n) is 9.66. The molecule has 0 saturated carbocycles. The van der Waals surface area contributed by atoms with Crippen molar-refractivity contribution in [1.82, 2.24) is 10.2 Å². The Morgan fingerprint density at radius 1 is 1.47 bits per heavy atom. The summed E-state index contributed by atoms with van der Waals surface area (Å²) >= 11 is 0. The van der Waals surface area contributed by atoms with Crippen molar-refractivity contribution in [1.29, 1.82) is 0 Å². The molecule has 6 nitrogen and oxygen atoms in total. The highest BCUT2D eigenvalue weighted by molar-refractivity contribution is 5.99. The summed E-state index contributed by atoms with van der Waals surface area (Å²) in [6.07, 6.45) is 2.44. The molecule has 2 aliphatic rings. The Hall–Kier alpha value is -1.85. The number of nitrogens with two attached hydrogens (primary N) is 1. The first-order chi connectivity index (χ1) is 8.00. The normalized spacial score (nSPS) is 25.2. The number of primary amides is 1. The van der Waals surface area contributed by atoms with Gasteiger partial charge in [0, 0.05) is 30.7 Å². The van der Waals surface area contributed by atoms with Crippen LogP contribution in [0.2, 0.25) is 0 Å². The number of nitrogens with zero attached hydrogens (tertiary/aromatic N) is 1. The molecule has 6 heteroatoms. The van der Waals surface area contributed by atoms with Crippen LogP contribution in [0.25, 0.3) is 0 Å². The Kier molecular flexibility index (Phi) is 2.87. The van der Waals surface area contributed by atoms with Gasteiger partial charge in [-0.15, -0.1) is 0 Å². The van der Waals surface area contributed by atoms with Gasteiger partial charge in [-0.2, -0.15) is 0 Å². The molecule has 1 aliphatic heterocycles. The van der Waals surface area contributed by atoms with Gasteiger partial charge in [0.2, 0.25) is 11.8 Å². The Morgan fingerprint density at radius 3 is 2.82 bits per heavy atom. The molecular weight excluding hydrogens is 222 g/mol. The molecule has 1 unspecified atom stereocenters. The first kappa shape index (κ1) is 11.6. The van der Waals surface area contributed by atoms with Gasteiger partial charge in [0.25, 0.3) is 0 Å². The fourth-order valence-corrected chi connectivity index (χ4v) is 2.35. The van der Waals surface area contributed by atoms with Crippen LogP contribution in [0, 0.1) is 5.92 Å². The number of urea groups is 1. The predicted octanol–water partition coefficient (Wildman–Crippen LogP) is 0.0976. The van der Waals surface area contributed by atoms with Crippen molar-refractivity contribution in [2.45, 2.75) is 25.7 Å². The number of hydrogen-bond donors (Lipinski definition) is 2. The zero-order valence-corrected chi connectivity index (χ0v) is 9.66. The molecule has 1 saturated heterocycles. The third-order valence-corrected chi connectivity index (χ3v) is 3.35. The summed E-state index contributed by atoms with van der Waals surface area (Å²) in [5.41, 5.74) is 6.30. The van der Waals surface area contributed by atoms with Gasteiger partial charge in [0.15, 0.2) is 0 Å². The van der Waals surface area contributed by atoms with Gasteiger partial charge >= 0.3 is 6.03 Å². The summed E-state index contributed by atoms with van der Waals surface area (Å²) in [6.45, 7) is 0. The molecule has 92 valence electrons. The second-order valence-corrected chi connectivity index (χ2v) is 4.43. The number of carbonyl (C=O) groups is 3. The summed E-state index contributed by atoms with van der Waals surface area (Å²) < 4.78 is 0. The van der Waals surface area contributed by atoms with E-state index in [4.69, 9.17) is 5.73 Å². The third kappa shape index (κ3) is 2.02. The lowest BCUT2D eigenvalue weighted by atomic mass is 9.84. The minimum atomic E-state index is -0.512. The Bertz CT molecular complexity index is 428. The van der Waals surface area contributed by atoms with Gasteiger partial charge in [-0.1, -0.05) is 0 Å². The van der Waals surface area contributed by atoms with E-state index in [1.54, 1.807) is 0 Å². The number of amides is 4. The van der Waals surface area contributed by atoms with Crippen LogP contribution in [0.3, 0.4) is 0 Å². The van der Waals surface area contributed by atoms with Crippen LogP contribution in [0.1, 0.15) is 25.7 Å². The number of carbonyl (C=O) groups excluding carboxylic acids is 3. The van der Waals surface area contributed by atoms with Crippen molar-refractivity contribution in [2.24, 2.45) is 11.7 Å². The van der Waals surface area contributed by atoms with E-state index in [1.807, 2.05) is 0 Å². The van der Waals surface area contributed by atoms with Crippen molar-refractivity contribution in [3.8, 4) is 0 Å². The standard InChI is InChI=1S/C11H15N3O3/c1-14-8(15)5-6-3-2-4-7(10(12)16)9(6)13-11(14)17/h6H,2-5H2,1H3,(H2,12,16)(H,13,17). The van der Waals surface area contributed by atoms with E-state index in [0.29, 0.717) is 17.7 Å². The molecule has 2 rings (SSSR count). The highest BCUT2D eigenvalue weighted by Gasteiger charge is 2.34. The van der Waals surface area contributed by atoms with E-state index >= 15 is 0 Å². The van der Waals surface area contributed by atoms with Crippen LogP contribution in [0.4, 0.5) is 4.79 Å². The first-order valence-electron chi connectivity index (χ1n) is 5.61. The highest BCUT2D eigenvalue weighted by Crippen LogP contribution is 2.32. The lowest BCUT2D eigenvalue weighted by Crippen LogP contribution is -2.38. The lowest BCUT2D eigenvalue weighted by molar-refractivity contribution is -0.127. The summed E-state index contributed by atoms with van der Waals surface area (Å²) in [7, 11) is 1.43. The predicted molar refractivity (Wildman–Crippen MR) is 59.5 cm³/mol. The largest absolute Gasteiger partial charge is 0.366 e. The van der Waals surface area contributed by atoms with E-state index in [1.165, 1.54) is 7.05 Å². The molecule has 0 radical (unpaired) electrons. The van der Waals surface area contributed by atoms with E-state index in [-0.39, 0.29) is 18.2 Å². The van der Waals surface area contributed by atoms with Crippen molar-refractivity contribution >= 4 is 17.8 Å². The number of imide groups is 1. The van der Waals surface area contributed by atoms with Crippen molar-refractivity contribution < 1.29 is 14.4 Å². The molecule has 3 N–H and O–H groups in total. The summed E-state index contributed by atoms with van der Waals surface area (Å²) in [5, 5.41) is 2.64. The second kappa shape index (κ2) is 4.20. The number of hydrogen-bond acceptors (Lipinski definition) is 3. The smallest absolute Gasteiger partial charge is 0.328 e. The number of allylic oxidation sites excluding steroid dienone is 1. The fraction of sp³-hybridized carbons (Fsp3) is 0.545. The molecule has 0 spiro atoms. The molecule has 0 aromatic heterocycles. The van der Waals surface area contributed by atoms with Crippen LogP contribution >= 0.6 is 0 Å². The van der Waals surface area contributed by atoms with E-state index < -0.39 is 11.9 Å². The topological polar surface area (TPSA) is 92.5 Å². The van der Waals surface area contributed by atoms with Crippen molar-refractivity contribution in [3.05, 3.63) is 11.3 Å². The van der Waals surface area contributed by atoms with Crippen LogP contribution in [0.5, 0.6) is 0 Å². The van der Waals surface area contributed by atoms with Crippen LogP contribution in [0.15, 0.2) is 11.3 Å². The maximum Gasteiger partial charge on any atom is 0.328 e. The van der Waals surface area contributed by atoms with Gasteiger partial charge in [0.05, 0.1) is 0 Å². The summed E-state index contributed by atoms with van der Waals surface area (Å²) in [6, 6.07) is -0.492. The van der Waals surface area contributed by atoms with Crippen LogP contribution < -0.4 is 11.1 Å². The van der Waals surface area contributed by atoms with Crippen LogP contribution in [-0.4, -0.2) is 29.8 Å². The van der Waals surface area contributed by atoms with Gasteiger partial charge in [-0.25, -0.2) is 4.79 Å². The molecule has 0 bridgehead atoms. The fourth-order valence-electron chi connectivity index (χ4n) is 2.35. The van der Waals surface area contributed by atoms with E-state index in [9.17, 15) is 14.4 Å². The SMILES string of the molecule is CN1C(=O)CC2CCCC(C(N)=O)=C2NC1=O. The minimum absolute atomic E-state index is 0.0901. The average Bonchev–Trinajstić information content (AvgIpc) is 2.38. The molecule has 17 heavy (non-hydrogen) atoms. The van der Waals surface area contributed by atoms with Gasteiger partial charge in [-0.05, 0) is 19.3 Å². The molecule has 1 heterocycles. The lowest BCUT2D eigenvalue weighted by Gasteiger charge is -2.24. The number of rotatable bonds is 1. The number of fused-ring (bicyclic) bond motifs is 1. The number of nitrogens with one attached hydrogen (secondary N) is 1. The molecule has 1 atom stereocenters. The molecule has 1 fully saturated rings. The second-order valence-electron chi connectivity index (χ2n) is 4.43. The van der Waals surface area contributed by atoms with Crippen molar-refractivity contribution in [3.63, 3.8) is 0 Å². The summed E-state index contributed by atoms with van der Waals surface area (Å²) in [5.74, 6) is -0.831. The van der Waals surface area contributed by atoms with Gasteiger partial charge in [0.1, 0.15) is 0 Å². The van der Waals surface area contributed by atoms with Crippen LogP contribution in [-0.2, 0) is 9.59 Å². The monoisotopic (exact) mass is 237 g/mol.